The summed E-state index contributed by atoms with van der Waals surface area (Å²) in [6.07, 6.45) is 4.01. The van der Waals surface area contributed by atoms with Gasteiger partial charge in [-0.1, -0.05) is 39.3 Å². The van der Waals surface area contributed by atoms with Crippen LogP contribution < -0.4 is 14.8 Å². The van der Waals surface area contributed by atoms with Crippen molar-refractivity contribution >= 4 is 0 Å². The van der Waals surface area contributed by atoms with E-state index in [0.717, 1.165) is 35.5 Å². The Morgan fingerprint density at radius 1 is 1.06 bits per heavy atom. The lowest BCUT2D eigenvalue weighted by Crippen LogP contribution is -2.49. The molecule has 3 unspecified atom stereocenters. The molecule has 1 N–H and O–H groups in total. The van der Waals surface area contributed by atoms with E-state index >= 15 is 0 Å². The Morgan fingerprint density at radius 3 is 2.25 bits per heavy atom. The SMILES string of the molecule is CCCC(C#N)NCC1C=C(C)C(OC)=C(OC)C1(c1ccc(OC)c(OC)c1)C(C)C. The monoisotopic (exact) mass is 442 g/mol. The van der Waals surface area contributed by atoms with Gasteiger partial charge in [-0.05, 0) is 42.5 Å². The van der Waals surface area contributed by atoms with E-state index in [1.807, 2.05) is 19.1 Å². The van der Waals surface area contributed by atoms with Crippen LogP contribution in [0.25, 0.3) is 0 Å². The van der Waals surface area contributed by atoms with Gasteiger partial charge in [0.2, 0.25) is 0 Å². The predicted molar refractivity (Wildman–Crippen MR) is 127 cm³/mol. The van der Waals surface area contributed by atoms with Crippen LogP contribution in [-0.4, -0.2) is 41.0 Å². The molecule has 32 heavy (non-hydrogen) atoms. The number of allylic oxidation sites excluding steroid dienone is 2. The molecule has 0 saturated carbocycles. The first kappa shape index (κ1) is 25.6. The van der Waals surface area contributed by atoms with Crippen LogP contribution in [0.2, 0.25) is 0 Å². The first-order valence-corrected chi connectivity index (χ1v) is 11.2. The molecular formula is C26H38N2O4. The van der Waals surface area contributed by atoms with Crippen LogP contribution in [0.1, 0.15) is 46.1 Å². The molecule has 0 spiro atoms. The van der Waals surface area contributed by atoms with E-state index in [1.165, 1.54) is 0 Å². The summed E-state index contributed by atoms with van der Waals surface area (Å²) < 4.78 is 23.0. The van der Waals surface area contributed by atoms with E-state index in [-0.39, 0.29) is 17.9 Å². The molecule has 0 heterocycles. The lowest BCUT2D eigenvalue weighted by molar-refractivity contribution is 0.114. The highest BCUT2D eigenvalue weighted by Crippen LogP contribution is 2.52. The van der Waals surface area contributed by atoms with Crippen molar-refractivity contribution in [3.05, 3.63) is 46.9 Å². The van der Waals surface area contributed by atoms with Gasteiger partial charge in [0.25, 0.3) is 0 Å². The number of hydrogen-bond acceptors (Lipinski definition) is 6. The van der Waals surface area contributed by atoms with Gasteiger partial charge in [0, 0.05) is 12.5 Å². The summed E-state index contributed by atoms with van der Waals surface area (Å²) in [6.45, 7) is 9.15. The third-order valence-corrected chi connectivity index (χ3v) is 6.47. The van der Waals surface area contributed by atoms with Crippen molar-refractivity contribution in [2.75, 3.05) is 35.0 Å². The zero-order valence-electron chi connectivity index (χ0n) is 20.7. The van der Waals surface area contributed by atoms with Crippen molar-refractivity contribution in [3.8, 4) is 17.6 Å². The van der Waals surface area contributed by atoms with Crippen LogP contribution in [0.3, 0.4) is 0 Å². The first-order chi connectivity index (χ1) is 15.3. The van der Waals surface area contributed by atoms with Gasteiger partial charge in [-0.15, -0.1) is 0 Å². The maximum atomic E-state index is 9.59. The molecule has 3 atom stereocenters. The highest BCUT2D eigenvalue weighted by molar-refractivity contribution is 5.52. The largest absolute Gasteiger partial charge is 0.496 e. The maximum Gasteiger partial charge on any atom is 0.161 e. The second kappa shape index (κ2) is 11.3. The fourth-order valence-electron chi connectivity index (χ4n) is 5.01. The Labute approximate surface area is 193 Å². The Bertz CT molecular complexity index is 884. The van der Waals surface area contributed by atoms with E-state index in [4.69, 9.17) is 18.9 Å². The number of hydrogen-bond donors (Lipinski definition) is 1. The summed E-state index contributed by atoms with van der Waals surface area (Å²) in [5.74, 6) is 3.06. The number of methoxy groups -OCH3 is 4. The fourth-order valence-corrected chi connectivity index (χ4v) is 5.01. The van der Waals surface area contributed by atoms with Gasteiger partial charge in [0.1, 0.15) is 5.76 Å². The third-order valence-electron chi connectivity index (χ3n) is 6.47. The molecule has 6 nitrogen and oxygen atoms in total. The van der Waals surface area contributed by atoms with Gasteiger partial charge < -0.3 is 24.3 Å². The maximum absolute atomic E-state index is 9.59. The Balaban J connectivity index is 2.73. The van der Waals surface area contributed by atoms with Crippen LogP contribution in [0, 0.1) is 23.2 Å². The minimum atomic E-state index is -0.529. The first-order valence-electron chi connectivity index (χ1n) is 11.2. The molecule has 2 rings (SSSR count). The highest BCUT2D eigenvalue weighted by Gasteiger charge is 2.51. The molecule has 176 valence electrons. The standard InChI is InChI=1S/C26H38N2O4/c1-9-10-21(15-27)28-16-20-13-18(4)24(31-7)25(32-8)26(20,17(2)3)19-11-12-22(29-5)23(14-19)30-6/h11-14,17,20-21,28H,9-10,16H2,1-8H3. The van der Waals surface area contributed by atoms with Crippen molar-refractivity contribution in [2.24, 2.45) is 11.8 Å². The van der Waals surface area contributed by atoms with Crippen molar-refractivity contribution in [1.82, 2.24) is 5.32 Å². The van der Waals surface area contributed by atoms with E-state index in [0.29, 0.717) is 18.0 Å². The average Bonchev–Trinajstić information content (AvgIpc) is 2.80. The van der Waals surface area contributed by atoms with Crippen molar-refractivity contribution in [2.45, 2.75) is 52.0 Å². The number of nitrogens with zero attached hydrogens (tertiary/aromatic N) is 1. The number of ether oxygens (including phenoxy) is 4. The zero-order chi connectivity index (χ0) is 23.9. The van der Waals surface area contributed by atoms with Crippen LogP contribution in [0.5, 0.6) is 11.5 Å². The van der Waals surface area contributed by atoms with Crippen LogP contribution >= 0.6 is 0 Å². The number of rotatable bonds is 11. The Kier molecular flexibility index (Phi) is 9.03. The molecule has 0 saturated heterocycles. The van der Waals surface area contributed by atoms with E-state index in [2.05, 4.69) is 44.3 Å². The smallest absolute Gasteiger partial charge is 0.161 e. The van der Waals surface area contributed by atoms with Gasteiger partial charge in [-0.2, -0.15) is 5.26 Å². The third kappa shape index (κ3) is 4.59. The minimum absolute atomic E-state index is 0.0298. The van der Waals surface area contributed by atoms with Gasteiger partial charge >= 0.3 is 0 Å². The van der Waals surface area contributed by atoms with E-state index in [1.54, 1.807) is 28.4 Å². The lowest BCUT2D eigenvalue weighted by atomic mass is 9.59. The molecule has 0 aliphatic heterocycles. The summed E-state index contributed by atoms with van der Waals surface area (Å²) in [4.78, 5) is 0. The molecule has 1 aliphatic rings. The van der Waals surface area contributed by atoms with Gasteiger partial charge in [0.15, 0.2) is 17.3 Å². The molecule has 0 radical (unpaired) electrons. The topological polar surface area (TPSA) is 72.7 Å². The average molecular weight is 443 g/mol. The van der Waals surface area contributed by atoms with Crippen LogP contribution in [0.4, 0.5) is 0 Å². The lowest BCUT2D eigenvalue weighted by Gasteiger charge is -2.47. The highest BCUT2D eigenvalue weighted by atomic mass is 16.5. The molecule has 1 aliphatic carbocycles. The molecule has 0 bridgehead atoms. The van der Waals surface area contributed by atoms with E-state index < -0.39 is 5.41 Å². The summed E-state index contributed by atoms with van der Waals surface area (Å²) in [6, 6.07) is 8.23. The normalized spacial score (nSPS) is 21.6. The number of nitrogens with one attached hydrogen (secondary N) is 1. The van der Waals surface area contributed by atoms with Gasteiger partial charge in [-0.25, -0.2) is 0 Å². The fraction of sp³-hybridized carbons (Fsp3) is 0.577. The minimum Gasteiger partial charge on any atom is -0.496 e. The van der Waals surface area contributed by atoms with E-state index in [9.17, 15) is 5.26 Å². The summed E-state index contributed by atoms with van der Waals surface area (Å²) in [5.41, 5.74) is 1.55. The second-order valence-electron chi connectivity index (χ2n) is 8.49. The summed E-state index contributed by atoms with van der Waals surface area (Å²) in [7, 11) is 6.65. The van der Waals surface area contributed by atoms with Crippen LogP contribution in [-0.2, 0) is 14.9 Å². The molecule has 0 amide bonds. The molecule has 1 aromatic carbocycles. The Hall–Kier alpha value is -2.65. The molecular weight excluding hydrogens is 404 g/mol. The Morgan fingerprint density at radius 2 is 1.75 bits per heavy atom. The molecule has 0 aromatic heterocycles. The van der Waals surface area contributed by atoms with Crippen molar-refractivity contribution in [3.63, 3.8) is 0 Å². The summed E-state index contributed by atoms with van der Waals surface area (Å²) >= 11 is 0. The molecule has 6 heteroatoms. The van der Waals surface area contributed by atoms with Crippen molar-refractivity contribution < 1.29 is 18.9 Å². The van der Waals surface area contributed by atoms with Crippen molar-refractivity contribution in [1.29, 1.82) is 5.26 Å². The number of benzene rings is 1. The van der Waals surface area contributed by atoms with Gasteiger partial charge in [0.05, 0.1) is 46.0 Å². The predicted octanol–water partition coefficient (Wildman–Crippen LogP) is 4.96. The summed E-state index contributed by atoms with van der Waals surface area (Å²) in [5, 5.41) is 13.1. The molecule has 0 fully saturated rings. The zero-order valence-corrected chi connectivity index (χ0v) is 20.7. The van der Waals surface area contributed by atoms with Crippen LogP contribution in [0.15, 0.2) is 41.4 Å². The quantitative estimate of drug-likeness (QED) is 0.522. The molecule has 1 aromatic rings. The second-order valence-corrected chi connectivity index (χ2v) is 8.49. The number of nitriles is 1. The van der Waals surface area contributed by atoms with Gasteiger partial charge in [-0.3, -0.25) is 0 Å².